The minimum absolute atomic E-state index is 0.114. The van der Waals surface area contributed by atoms with Crippen molar-refractivity contribution in [3.8, 4) is 11.1 Å². The zero-order chi connectivity index (χ0) is 33.7. The summed E-state index contributed by atoms with van der Waals surface area (Å²) in [5.41, 5.74) is 7.18. The van der Waals surface area contributed by atoms with Crippen molar-refractivity contribution in [2.45, 2.75) is 58.3 Å². The summed E-state index contributed by atoms with van der Waals surface area (Å²) in [7, 11) is 3.31. The van der Waals surface area contributed by atoms with Crippen LogP contribution in [0.25, 0.3) is 33.5 Å². The van der Waals surface area contributed by atoms with E-state index in [9.17, 15) is 19.2 Å². The first kappa shape index (κ1) is 30.5. The molecule has 47 heavy (non-hydrogen) atoms. The summed E-state index contributed by atoms with van der Waals surface area (Å²) >= 11 is 0. The van der Waals surface area contributed by atoms with Crippen LogP contribution < -0.4 is 15.3 Å². The van der Waals surface area contributed by atoms with Gasteiger partial charge in [0.25, 0.3) is 17.7 Å². The number of hydrogen-bond donors (Lipinski definition) is 0. The molecule has 0 aromatic heterocycles. The molecular weight excluding hydrogens is 584 g/mol. The van der Waals surface area contributed by atoms with Crippen molar-refractivity contribution in [1.82, 2.24) is 4.90 Å². The van der Waals surface area contributed by atoms with E-state index in [1.54, 1.807) is 30.2 Å². The Hall–Kier alpha value is -5.10. The minimum Gasteiger partial charge on any atom is -0.311 e. The van der Waals surface area contributed by atoms with Gasteiger partial charge in [0, 0.05) is 58.6 Å². The highest BCUT2D eigenvalue weighted by atomic mass is 16.2. The van der Waals surface area contributed by atoms with E-state index >= 15 is 0 Å². The molecule has 0 saturated heterocycles. The minimum atomic E-state index is -0.328. The highest BCUT2D eigenvalue weighted by Gasteiger charge is 2.34. The van der Waals surface area contributed by atoms with E-state index in [1.165, 1.54) is 7.05 Å². The van der Waals surface area contributed by atoms with Crippen molar-refractivity contribution < 1.29 is 19.2 Å². The molecule has 0 spiro atoms. The molecule has 6 nitrogen and oxygen atoms in total. The number of amides is 3. The highest BCUT2D eigenvalue weighted by Crippen LogP contribution is 2.42. The van der Waals surface area contributed by atoms with Crippen LogP contribution in [0.4, 0.5) is 5.69 Å². The number of benzene rings is 4. The first-order valence-electron chi connectivity index (χ1n) is 16.0. The molecule has 3 amide bonds. The SMILES string of the molecule is CN1C(=O)c2ccc3c4c(ccc(c24)C1=O)C1C=CC(C=O)=c2c(C(=O)N(C)c4cc(C(C)(C)C)ccc4C(C)(C)C)ccc-3c2=C1. The summed E-state index contributed by atoms with van der Waals surface area (Å²) in [6.45, 7) is 12.9. The number of fused-ring (bicyclic) bond motifs is 3. The lowest BCUT2D eigenvalue weighted by Gasteiger charge is -2.31. The molecule has 0 N–H and O–H groups in total. The number of imide groups is 1. The second-order valence-electron chi connectivity index (χ2n) is 15.0. The Labute approximate surface area is 274 Å². The van der Waals surface area contributed by atoms with Crippen molar-refractivity contribution in [1.29, 1.82) is 0 Å². The molecule has 236 valence electrons. The molecule has 2 aliphatic carbocycles. The van der Waals surface area contributed by atoms with Gasteiger partial charge in [0.05, 0.1) is 0 Å². The second-order valence-corrected chi connectivity index (χ2v) is 15.0. The number of hydrogen-bond acceptors (Lipinski definition) is 4. The van der Waals surface area contributed by atoms with Crippen molar-refractivity contribution in [3.05, 3.63) is 111 Å². The largest absolute Gasteiger partial charge is 0.311 e. The van der Waals surface area contributed by atoms with Crippen LogP contribution in [0.3, 0.4) is 0 Å². The topological polar surface area (TPSA) is 74.8 Å². The van der Waals surface area contributed by atoms with Crippen molar-refractivity contribution in [3.63, 3.8) is 0 Å². The summed E-state index contributed by atoms with van der Waals surface area (Å²) in [6.07, 6.45) is 6.69. The van der Waals surface area contributed by atoms with Crippen LogP contribution in [0.1, 0.15) is 95.2 Å². The number of anilines is 1. The zero-order valence-corrected chi connectivity index (χ0v) is 28.1. The summed E-state index contributed by atoms with van der Waals surface area (Å²) in [5, 5.41) is 2.88. The van der Waals surface area contributed by atoms with Crippen molar-refractivity contribution >= 4 is 52.1 Å². The molecule has 1 atom stereocenters. The maximum Gasteiger partial charge on any atom is 0.261 e. The van der Waals surface area contributed by atoms with Gasteiger partial charge in [-0.2, -0.15) is 0 Å². The number of allylic oxidation sites excluding steroid dienone is 2. The van der Waals surface area contributed by atoms with Gasteiger partial charge < -0.3 is 4.90 Å². The van der Waals surface area contributed by atoms with E-state index in [0.717, 1.165) is 55.3 Å². The fourth-order valence-corrected chi connectivity index (χ4v) is 7.37. The molecule has 4 aromatic carbocycles. The number of carbonyl (C=O) groups excluding carboxylic acids is 4. The summed E-state index contributed by atoms with van der Waals surface area (Å²) in [5.74, 6) is -1.12. The van der Waals surface area contributed by atoms with E-state index < -0.39 is 0 Å². The molecule has 0 radical (unpaired) electrons. The Morgan fingerprint density at radius 1 is 0.809 bits per heavy atom. The number of aldehydes is 1. The molecule has 7 rings (SSSR count). The third-order valence-electron chi connectivity index (χ3n) is 9.97. The first-order valence-corrected chi connectivity index (χ1v) is 16.0. The summed E-state index contributed by atoms with van der Waals surface area (Å²) < 4.78 is 0. The standard InChI is InChI=1S/C41H38N2O4/c1-40(2,3)24-11-18-32(41(4,5)6)33(20-24)42(7)37(45)28-16-13-26-27-14-17-30-36-29(38(46)43(8)39(30)47)15-12-25(35(27)36)22-9-10-23(21-44)34(28)31(26)19-22/h9-22H,1-8H3. The molecule has 1 unspecified atom stereocenters. The Kier molecular flexibility index (Phi) is 6.63. The third-order valence-corrected chi connectivity index (χ3v) is 9.97. The van der Waals surface area contributed by atoms with Crippen LogP contribution in [-0.4, -0.2) is 43.0 Å². The normalized spacial score (nSPS) is 16.6. The number of carbonyl (C=O) groups is 4. The molecule has 0 saturated carbocycles. The van der Waals surface area contributed by atoms with Gasteiger partial charge in [-0.05, 0) is 73.5 Å². The van der Waals surface area contributed by atoms with E-state index in [-0.39, 0.29) is 34.5 Å². The second kappa shape index (κ2) is 10.2. The van der Waals surface area contributed by atoms with Gasteiger partial charge in [-0.1, -0.05) is 90.1 Å². The van der Waals surface area contributed by atoms with Gasteiger partial charge in [-0.25, -0.2) is 0 Å². The van der Waals surface area contributed by atoms with Crippen LogP contribution in [0.2, 0.25) is 0 Å². The van der Waals surface area contributed by atoms with E-state index in [4.69, 9.17) is 0 Å². The molecule has 3 aliphatic rings. The van der Waals surface area contributed by atoms with Gasteiger partial charge in [0.2, 0.25) is 0 Å². The third kappa shape index (κ3) is 4.45. The average Bonchev–Trinajstić information content (AvgIpc) is 3.31. The number of nitrogens with zero attached hydrogens (tertiary/aromatic N) is 2. The van der Waals surface area contributed by atoms with Gasteiger partial charge in [-0.15, -0.1) is 0 Å². The first-order chi connectivity index (χ1) is 22.1. The van der Waals surface area contributed by atoms with Crippen LogP contribution >= 0.6 is 0 Å². The van der Waals surface area contributed by atoms with Gasteiger partial charge in [-0.3, -0.25) is 24.1 Å². The van der Waals surface area contributed by atoms with Crippen LogP contribution in [0.15, 0.2) is 66.7 Å². The fraction of sp³-hybridized carbons (Fsp3) is 0.268. The molecule has 0 fully saturated rings. The quantitative estimate of drug-likeness (QED) is 0.196. The Balaban J connectivity index is 1.49. The lowest BCUT2D eigenvalue weighted by molar-refractivity contribution is -0.103. The number of rotatable bonds is 3. The van der Waals surface area contributed by atoms with E-state index in [2.05, 4.69) is 65.8 Å². The Morgan fingerprint density at radius 3 is 2.09 bits per heavy atom. The molecular formula is C41H38N2O4. The van der Waals surface area contributed by atoms with Crippen molar-refractivity contribution in [2.75, 3.05) is 19.0 Å². The Bertz CT molecular complexity index is 2260. The zero-order valence-electron chi connectivity index (χ0n) is 28.1. The lowest BCUT2D eigenvalue weighted by Crippen LogP contribution is -2.40. The van der Waals surface area contributed by atoms with E-state index in [0.29, 0.717) is 32.9 Å². The summed E-state index contributed by atoms with van der Waals surface area (Å²) in [6, 6.07) is 17.6. The predicted molar refractivity (Wildman–Crippen MR) is 187 cm³/mol. The monoisotopic (exact) mass is 622 g/mol. The van der Waals surface area contributed by atoms with Gasteiger partial charge in [0.15, 0.2) is 6.29 Å². The lowest BCUT2D eigenvalue weighted by atomic mass is 9.80. The predicted octanol–water partition coefficient (Wildman–Crippen LogP) is 6.40. The maximum atomic E-state index is 14.7. The average molecular weight is 623 g/mol. The van der Waals surface area contributed by atoms with E-state index in [1.807, 2.05) is 30.3 Å². The Morgan fingerprint density at radius 2 is 1.45 bits per heavy atom. The van der Waals surface area contributed by atoms with Gasteiger partial charge >= 0.3 is 0 Å². The molecule has 1 heterocycles. The summed E-state index contributed by atoms with van der Waals surface area (Å²) in [4.78, 5) is 56.7. The van der Waals surface area contributed by atoms with Crippen molar-refractivity contribution in [2.24, 2.45) is 0 Å². The highest BCUT2D eigenvalue weighted by molar-refractivity contribution is 6.27. The molecule has 4 aromatic rings. The molecule has 1 aliphatic heterocycles. The fourth-order valence-electron chi connectivity index (χ4n) is 7.37. The molecule has 2 bridgehead atoms. The molecule has 6 heteroatoms. The smallest absolute Gasteiger partial charge is 0.261 e. The maximum absolute atomic E-state index is 14.7. The van der Waals surface area contributed by atoms with Crippen LogP contribution in [-0.2, 0) is 15.6 Å². The van der Waals surface area contributed by atoms with Crippen LogP contribution in [0.5, 0.6) is 0 Å². The van der Waals surface area contributed by atoms with Gasteiger partial charge in [0.1, 0.15) is 0 Å². The van der Waals surface area contributed by atoms with Crippen LogP contribution in [0, 0.1) is 0 Å².